The molecule has 1 N–H and O–H groups in total. The van der Waals surface area contributed by atoms with Crippen LogP contribution in [0.2, 0.25) is 0 Å². The lowest BCUT2D eigenvalue weighted by molar-refractivity contribution is -0.605. The molecule has 2 rings (SSSR count). The maximum Gasteiger partial charge on any atom is 0.422 e. The second-order valence-electron chi connectivity index (χ2n) is 4.33. The summed E-state index contributed by atoms with van der Waals surface area (Å²) in [6.07, 6.45) is -2.04. The fraction of sp³-hybridized carbons (Fsp3) is 0.143. The van der Waals surface area contributed by atoms with Gasteiger partial charge in [-0.05, 0) is 24.3 Å². The van der Waals surface area contributed by atoms with Crippen LogP contribution in [-0.4, -0.2) is 18.7 Å². The van der Waals surface area contributed by atoms with Crippen molar-refractivity contribution in [3.05, 3.63) is 59.6 Å². The molecule has 0 aliphatic carbocycles. The Labute approximate surface area is 123 Å². The number of amides is 1. The van der Waals surface area contributed by atoms with Crippen molar-refractivity contribution in [2.24, 2.45) is 0 Å². The Balaban J connectivity index is 1.96. The molecule has 5 nitrogen and oxygen atoms in total. The number of alkyl halides is 3. The van der Waals surface area contributed by atoms with E-state index in [1.165, 1.54) is 48.8 Å². The normalized spacial score (nSPS) is 11.0. The average molecular weight is 312 g/mol. The fourth-order valence-electron chi connectivity index (χ4n) is 1.57. The first kappa shape index (κ1) is 15.6. The summed E-state index contributed by atoms with van der Waals surface area (Å²) in [5.74, 6) is -0.396. The summed E-state index contributed by atoms with van der Waals surface area (Å²) in [6.45, 7) is -1.38. The summed E-state index contributed by atoms with van der Waals surface area (Å²) in [5.41, 5.74) is 0.674. The maximum absolute atomic E-state index is 12.0. The van der Waals surface area contributed by atoms with Crippen molar-refractivity contribution in [1.82, 2.24) is 0 Å². The summed E-state index contributed by atoms with van der Waals surface area (Å²) < 4.78 is 41.1. The van der Waals surface area contributed by atoms with Crippen molar-refractivity contribution in [2.45, 2.75) is 6.18 Å². The molecule has 0 atom stereocenters. The molecule has 0 unspecified atom stereocenters. The number of pyridine rings is 1. The van der Waals surface area contributed by atoms with Gasteiger partial charge in [0, 0.05) is 17.8 Å². The molecule has 0 radical (unpaired) electrons. The van der Waals surface area contributed by atoms with Gasteiger partial charge < -0.3 is 15.3 Å². The van der Waals surface area contributed by atoms with Crippen molar-refractivity contribution >= 4 is 11.6 Å². The van der Waals surface area contributed by atoms with Gasteiger partial charge in [0.2, 0.25) is 0 Å². The van der Waals surface area contributed by atoms with Crippen molar-refractivity contribution in [2.75, 3.05) is 11.9 Å². The number of hydrogen-bond acceptors (Lipinski definition) is 3. The van der Waals surface area contributed by atoms with Crippen molar-refractivity contribution < 1.29 is 27.4 Å². The molecule has 0 spiro atoms. The molecule has 22 heavy (non-hydrogen) atoms. The number of ether oxygens (including phenoxy) is 1. The van der Waals surface area contributed by atoms with Gasteiger partial charge in [-0.25, -0.2) is 0 Å². The second-order valence-corrected chi connectivity index (χ2v) is 4.33. The number of benzene rings is 1. The van der Waals surface area contributed by atoms with Crippen LogP contribution in [-0.2, 0) is 0 Å². The largest absolute Gasteiger partial charge is 0.619 e. The zero-order valence-electron chi connectivity index (χ0n) is 11.1. The molecule has 0 saturated heterocycles. The third-order valence-electron chi connectivity index (χ3n) is 2.58. The number of nitrogens with one attached hydrogen (secondary N) is 1. The van der Waals surface area contributed by atoms with Gasteiger partial charge in [0.1, 0.15) is 5.75 Å². The van der Waals surface area contributed by atoms with Crippen LogP contribution in [0.1, 0.15) is 10.4 Å². The van der Waals surface area contributed by atoms with Crippen molar-refractivity contribution in [3.8, 4) is 5.75 Å². The molecule has 8 heteroatoms. The van der Waals surface area contributed by atoms with Gasteiger partial charge in [-0.1, -0.05) is 0 Å². The first-order valence-corrected chi connectivity index (χ1v) is 6.13. The molecule has 1 aromatic carbocycles. The lowest BCUT2D eigenvalue weighted by Gasteiger charge is -2.10. The highest BCUT2D eigenvalue weighted by atomic mass is 19.4. The Morgan fingerprint density at radius 2 is 1.73 bits per heavy atom. The predicted molar refractivity (Wildman–Crippen MR) is 71.3 cm³/mol. The highest BCUT2D eigenvalue weighted by molar-refractivity contribution is 6.04. The summed E-state index contributed by atoms with van der Waals surface area (Å²) in [6, 6.07) is 8.17. The van der Waals surface area contributed by atoms with E-state index in [1.807, 2.05) is 0 Å². The molecule has 0 saturated carbocycles. The maximum atomic E-state index is 12.0. The first-order chi connectivity index (χ1) is 10.3. The number of hydrogen-bond donors (Lipinski definition) is 1. The summed E-state index contributed by atoms with van der Waals surface area (Å²) in [4.78, 5) is 11.9. The van der Waals surface area contributed by atoms with E-state index in [9.17, 15) is 23.2 Å². The van der Waals surface area contributed by atoms with Gasteiger partial charge in [0.05, 0.1) is 5.56 Å². The molecule has 116 valence electrons. The van der Waals surface area contributed by atoms with E-state index >= 15 is 0 Å². The third kappa shape index (κ3) is 4.65. The Morgan fingerprint density at radius 1 is 1.14 bits per heavy atom. The van der Waals surface area contributed by atoms with Gasteiger partial charge in [0.15, 0.2) is 19.0 Å². The molecule has 1 amide bonds. The fourth-order valence-corrected chi connectivity index (χ4v) is 1.57. The minimum Gasteiger partial charge on any atom is -0.619 e. The van der Waals surface area contributed by atoms with Gasteiger partial charge in [0.25, 0.3) is 5.91 Å². The van der Waals surface area contributed by atoms with Gasteiger partial charge in [-0.2, -0.15) is 17.9 Å². The smallest absolute Gasteiger partial charge is 0.422 e. The van der Waals surface area contributed by atoms with E-state index in [4.69, 9.17) is 0 Å². The van der Waals surface area contributed by atoms with Crippen LogP contribution in [0.5, 0.6) is 5.75 Å². The number of carbonyl (C=O) groups excluding carboxylic acids is 1. The third-order valence-corrected chi connectivity index (χ3v) is 2.58. The molecule has 1 heterocycles. The van der Waals surface area contributed by atoms with E-state index in [2.05, 4.69) is 10.1 Å². The molecule has 1 aromatic heterocycles. The number of anilines is 1. The minimum absolute atomic E-state index is 0.0439. The Bertz CT molecular complexity index is 640. The molecular weight excluding hydrogens is 301 g/mol. The number of carbonyl (C=O) groups is 1. The molecule has 2 aromatic rings. The molecule has 0 aliphatic heterocycles. The van der Waals surface area contributed by atoms with E-state index in [-0.39, 0.29) is 11.3 Å². The Kier molecular flexibility index (Phi) is 4.50. The minimum atomic E-state index is -4.40. The highest BCUT2D eigenvalue weighted by Gasteiger charge is 2.28. The average Bonchev–Trinajstić information content (AvgIpc) is 2.46. The monoisotopic (exact) mass is 312 g/mol. The van der Waals surface area contributed by atoms with Crippen molar-refractivity contribution in [3.63, 3.8) is 0 Å². The van der Waals surface area contributed by atoms with Gasteiger partial charge >= 0.3 is 6.18 Å². The number of rotatable bonds is 4. The van der Waals surface area contributed by atoms with Crippen LogP contribution in [0.25, 0.3) is 0 Å². The van der Waals surface area contributed by atoms with Crippen LogP contribution in [0.3, 0.4) is 0 Å². The van der Waals surface area contributed by atoms with Crippen LogP contribution in [0.15, 0.2) is 48.8 Å². The van der Waals surface area contributed by atoms with Gasteiger partial charge in [-0.15, -0.1) is 0 Å². The standard InChI is InChI=1S/C14H11F3N2O3/c15-14(16,17)9-22-12-3-1-11(2-4-12)18-13(20)10-5-7-19(21)8-6-10/h1-8H,9H2,(H,18,20). The lowest BCUT2D eigenvalue weighted by Crippen LogP contribution is -2.25. The predicted octanol–water partition coefficient (Wildman–Crippen LogP) is 2.51. The van der Waals surface area contributed by atoms with Crippen LogP contribution in [0.4, 0.5) is 18.9 Å². The van der Waals surface area contributed by atoms with E-state index < -0.39 is 18.7 Å². The van der Waals surface area contributed by atoms with E-state index in [0.29, 0.717) is 10.4 Å². The zero-order valence-corrected chi connectivity index (χ0v) is 11.1. The number of halogens is 3. The molecule has 0 aliphatic rings. The quantitative estimate of drug-likeness (QED) is 0.697. The SMILES string of the molecule is O=C(Nc1ccc(OCC(F)(F)F)cc1)c1cc[n+]([O-])cc1. The summed E-state index contributed by atoms with van der Waals surface area (Å²) in [7, 11) is 0. The van der Waals surface area contributed by atoms with E-state index in [1.54, 1.807) is 0 Å². The second kappa shape index (κ2) is 6.33. The Hall–Kier alpha value is -2.77. The van der Waals surface area contributed by atoms with Crippen LogP contribution >= 0.6 is 0 Å². The van der Waals surface area contributed by atoms with Crippen molar-refractivity contribution in [1.29, 1.82) is 0 Å². The molecular formula is C14H11F3N2O3. The molecule has 0 bridgehead atoms. The lowest BCUT2D eigenvalue weighted by atomic mass is 10.2. The Morgan fingerprint density at radius 3 is 2.27 bits per heavy atom. The summed E-state index contributed by atoms with van der Waals surface area (Å²) in [5, 5.41) is 13.4. The first-order valence-electron chi connectivity index (χ1n) is 6.13. The topological polar surface area (TPSA) is 65.3 Å². The van der Waals surface area contributed by atoms with Crippen LogP contribution in [0, 0.1) is 5.21 Å². The highest BCUT2D eigenvalue weighted by Crippen LogP contribution is 2.20. The van der Waals surface area contributed by atoms with E-state index in [0.717, 1.165) is 0 Å². The van der Waals surface area contributed by atoms with Crippen LogP contribution < -0.4 is 14.8 Å². The molecule has 0 fully saturated rings. The zero-order chi connectivity index (χ0) is 16.2. The number of nitrogens with zero attached hydrogens (tertiary/aromatic N) is 1. The summed E-state index contributed by atoms with van der Waals surface area (Å²) >= 11 is 0. The van der Waals surface area contributed by atoms with Gasteiger partial charge in [-0.3, -0.25) is 4.79 Å². The number of aromatic nitrogens is 1.